The number of para-hydroxylation sites is 1. The average molecular weight is 810 g/mol. The summed E-state index contributed by atoms with van der Waals surface area (Å²) >= 11 is 0. The van der Waals surface area contributed by atoms with Crippen molar-refractivity contribution in [2.75, 3.05) is 63.0 Å². The van der Waals surface area contributed by atoms with Crippen LogP contribution >= 0.6 is 0 Å². The maximum atomic E-state index is 13.9. The number of piperidine rings is 2. The number of likely N-dealkylation sites (tertiary alicyclic amines) is 2. The van der Waals surface area contributed by atoms with Gasteiger partial charge in [0.05, 0.1) is 22.6 Å². The van der Waals surface area contributed by atoms with Crippen LogP contribution in [-0.4, -0.2) is 133 Å². The number of fused-ring (bicyclic) bond motifs is 2. The van der Waals surface area contributed by atoms with E-state index in [0.29, 0.717) is 54.5 Å². The van der Waals surface area contributed by atoms with E-state index in [1.54, 1.807) is 12.1 Å². The van der Waals surface area contributed by atoms with E-state index < -0.39 is 29.7 Å². The van der Waals surface area contributed by atoms with Crippen LogP contribution in [0.3, 0.4) is 0 Å². The Kier molecular flexibility index (Phi) is 9.38. The lowest BCUT2D eigenvalue weighted by Gasteiger charge is -2.49. The summed E-state index contributed by atoms with van der Waals surface area (Å²) in [4.78, 5) is 82.9. The number of rotatable bonds is 7. The normalized spacial score (nSPS) is 21.3. The Hall–Kier alpha value is -6.88. The van der Waals surface area contributed by atoms with Crippen LogP contribution in [0.2, 0.25) is 0 Å². The van der Waals surface area contributed by atoms with Gasteiger partial charge in [0.15, 0.2) is 5.65 Å². The second-order valence-electron chi connectivity index (χ2n) is 16.0. The van der Waals surface area contributed by atoms with Gasteiger partial charge in [-0.25, -0.2) is 19.4 Å². The van der Waals surface area contributed by atoms with Crippen LogP contribution in [0.1, 0.15) is 52.4 Å². The fourth-order valence-electron chi connectivity index (χ4n) is 9.13. The quantitative estimate of drug-likeness (QED) is 0.228. The number of carbonyl (C=O) groups is 5. The van der Waals surface area contributed by atoms with E-state index in [-0.39, 0.29) is 42.1 Å². The molecule has 4 saturated heterocycles. The molecule has 0 radical (unpaired) electrons. The SMILES string of the molecule is Nc1ncnc2c1c(-c1ccc(Oc3ccccc3)cc1)nn2[C@@H]1CCCN(C(=O)N2CC(N3CCN(c4ccc5c(c4)C(=O)N([C@@H]4CCC(=O)NC4=O)C5=O)CC3)C2)C1. The Bertz CT molecular complexity index is 2530. The van der Waals surface area contributed by atoms with Gasteiger partial charge in [0.1, 0.15) is 35.4 Å². The highest BCUT2D eigenvalue weighted by Crippen LogP contribution is 2.36. The van der Waals surface area contributed by atoms with Crippen LogP contribution in [0, 0.1) is 0 Å². The van der Waals surface area contributed by atoms with E-state index in [0.717, 1.165) is 60.9 Å². The molecule has 306 valence electrons. The van der Waals surface area contributed by atoms with Crippen molar-refractivity contribution in [3.05, 3.63) is 90.3 Å². The molecule has 17 nitrogen and oxygen atoms in total. The summed E-state index contributed by atoms with van der Waals surface area (Å²) in [7, 11) is 0. The molecule has 0 unspecified atom stereocenters. The highest BCUT2D eigenvalue weighted by Gasteiger charge is 2.45. The average Bonchev–Trinajstić information content (AvgIpc) is 3.76. The van der Waals surface area contributed by atoms with Gasteiger partial charge in [-0.15, -0.1) is 0 Å². The number of benzene rings is 3. The minimum absolute atomic E-state index is 0.0260. The number of urea groups is 1. The largest absolute Gasteiger partial charge is 0.457 e. The lowest BCUT2D eigenvalue weighted by atomic mass is 10.0. The minimum Gasteiger partial charge on any atom is -0.457 e. The summed E-state index contributed by atoms with van der Waals surface area (Å²) < 4.78 is 7.91. The maximum Gasteiger partial charge on any atom is 0.320 e. The molecular formula is C43H43N11O6. The van der Waals surface area contributed by atoms with Crippen LogP contribution in [0.25, 0.3) is 22.3 Å². The van der Waals surface area contributed by atoms with Crippen LogP contribution in [0.5, 0.6) is 11.5 Å². The number of nitrogens with two attached hydrogens (primary N) is 1. The zero-order valence-corrected chi connectivity index (χ0v) is 32.8. The number of nitrogens with zero attached hydrogens (tertiary/aromatic N) is 9. The smallest absolute Gasteiger partial charge is 0.320 e. The predicted octanol–water partition coefficient (Wildman–Crippen LogP) is 3.53. The zero-order chi connectivity index (χ0) is 41.1. The molecule has 3 aromatic carbocycles. The highest BCUT2D eigenvalue weighted by atomic mass is 16.5. The molecule has 0 spiro atoms. The van der Waals surface area contributed by atoms with Crippen molar-refractivity contribution in [1.82, 2.24) is 44.7 Å². The predicted molar refractivity (Wildman–Crippen MR) is 219 cm³/mol. The number of aromatic nitrogens is 4. The monoisotopic (exact) mass is 809 g/mol. The first kappa shape index (κ1) is 37.4. The number of piperazine rings is 1. The molecule has 5 aliphatic rings. The van der Waals surface area contributed by atoms with Crippen molar-refractivity contribution in [3.8, 4) is 22.8 Å². The molecule has 6 amide bonds. The number of hydrogen-bond donors (Lipinski definition) is 2. The molecule has 17 heteroatoms. The van der Waals surface area contributed by atoms with Crippen LogP contribution in [0.15, 0.2) is 79.1 Å². The van der Waals surface area contributed by atoms with Crippen molar-refractivity contribution in [2.45, 2.75) is 43.8 Å². The number of anilines is 2. The van der Waals surface area contributed by atoms with Gasteiger partial charge in [-0.2, -0.15) is 5.10 Å². The van der Waals surface area contributed by atoms with Gasteiger partial charge in [0, 0.05) is 76.1 Å². The van der Waals surface area contributed by atoms with E-state index in [1.807, 2.05) is 75.1 Å². The van der Waals surface area contributed by atoms with Gasteiger partial charge in [0.2, 0.25) is 11.8 Å². The van der Waals surface area contributed by atoms with Gasteiger partial charge in [-0.05, 0) is 73.9 Å². The molecule has 3 N–H and O–H groups in total. The lowest BCUT2D eigenvalue weighted by Crippen LogP contribution is -2.66. The number of ether oxygens (including phenoxy) is 1. The third kappa shape index (κ3) is 6.63. The molecule has 10 rings (SSSR count). The minimum atomic E-state index is -0.996. The summed E-state index contributed by atoms with van der Waals surface area (Å²) in [6.07, 6.45) is 3.32. The summed E-state index contributed by atoms with van der Waals surface area (Å²) in [6.45, 7) is 5.47. The van der Waals surface area contributed by atoms with Crippen molar-refractivity contribution < 1.29 is 28.7 Å². The first-order valence-corrected chi connectivity index (χ1v) is 20.4. The van der Waals surface area contributed by atoms with E-state index in [9.17, 15) is 24.0 Å². The summed E-state index contributed by atoms with van der Waals surface area (Å²) in [6, 6.07) is 21.7. The number of imide groups is 2. The Morgan fingerprint density at radius 2 is 1.50 bits per heavy atom. The van der Waals surface area contributed by atoms with Gasteiger partial charge in [0.25, 0.3) is 11.8 Å². The van der Waals surface area contributed by atoms with Crippen molar-refractivity contribution in [3.63, 3.8) is 0 Å². The van der Waals surface area contributed by atoms with E-state index in [4.69, 9.17) is 15.6 Å². The summed E-state index contributed by atoms with van der Waals surface area (Å²) in [5, 5.41) is 7.97. The molecule has 2 aromatic heterocycles. The summed E-state index contributed by atoms with van der Waals surface area (Å²) in [5.41, 5.74) is 9.99. The molecule has 60 heavy (non-hydrogen) atoms. The highest BCUT2D eigenvalue weighted by molar-refractivity contribution is 6.23. The van der Waals surface area contributed by atoms with Gasteiger partial charge in [-0.3, -0.25) is 34.3 Å². The molecule has 0 bridgehead atoms. The first-order chi connectivity index (χ1) is 29.2. The van der Waals surface area contributed by atoms with E-state index in [1.165, 1.54) is 6.33 Å². The fraction of sp³-hybridized carbons (Fsp3) is 0.349. The number of amides is 6. The molecular weight excluding hydrogens is 767 g/mol. The van der Waals surface area contributed by atoms with Gasteiger partial charge in [-0.1, -0.05) is 18.2 Å². The van der Waals surface area contributed by atoms with Crippen LogP contribution in [0.4, 0.5) is 16.3 Å². The first-order valence-electron chi connectivity index (χ1n) is 20.4. The maximum absolute atomic E-state index is 13.9. The van der Waals surface area contributed by atoms with Crippen molar-refractivity contribution in [1.29, 1.82) is 0 Å². The third-order valence-electron chi connectivity index (χ3n) is 12.4. The number of nitrogens with one attached hydrogen (secondary N) is 1. The number of nitrogen functional groups attached to an aromatic ring is 1. The second kappa shape index (κ2) is 15.1. The van der Waals surface area contributed by atoms with Crippen molar-refractivity contribution in [2.24, 2.45) is 0 Å². The molecule has 5 aliphatic heterocycles. The Balaban J connectivity index is 0.753. The standard InChI is InChI=1S/C43H43N11O6/c44-38-36-37(26-8-11-31(12-9-26)60-30-6-2-1-3-7-30)48-54(39(36)46-25-45-38)28-5-4-16-51(22-28)43(59)52-23-29(24-52)50-19-17-49(18-20-50)27-10-13-32-33(21-27)42(58)53(41(32)57)34-14-15-35(55)47-40(34)56/h1-3,6-13,21,25,28-29,34H,4-5,14-20,22-24H2,(H2,44,45,46)(H,47,55,56)/t28-,34-/m1/s1. The van der Waals surface area contributed by atoms with Gasteiger partial charge < -0.3 is 25.2 Å². The van der Waals surface area contributed by atoms with Crippen molar-refractivity contribution >= 4 is 52.2 Å². The molecule has 5 aromatic rings. The second-order valence-corrected chi connectivity index (χ2v) is 16.0. The third-order valence-corrected chi connectivity index (χ3v) is 12.4. The summed E-state index contributed by atoms with van der Waals surface area (Å²) in [5.74, 6) is -0.258. The Morgan fingerprint density at radius 3 is 2.27 bits per heavy atom. The molecule has 0 saturated carbocycles. The molecule has 7 heterocycles. The van der Waals surface area contributed by atoms with Gasteiger partial charge >= 0.3 is 6.03 Å². The fourth-order valence-corrected chi connectivity index (χ4v) is 9.13. The van der Waals surface area contributed by atoms with Crippen LogP contribution in [-0.2, 0) is 9.59 Å². The topological polar surface area (TPSA) is 192 Å². The Labute approximate surface area is 344 Å². The zero-order valence-electron chi connectivity index (χ0n) is 32.8. The molecule has 2 atom stereocenters. The van der Waals surface area contributed by atoms with E-state index in [2.05, 4.69) is 25.1 Å². The van der Waals surface area contributed by atoms with Crippen LogP contribution < -0.4 is 20.7 Å². The number of carbonyl (C=O) groups excluding carboxylic acids is 5. The lowest BCUT2D eigenvalue weighted by molar-refractivity contribution is -0.136. The molecule has 0 aliphatic carbocycles. The van der Waals surface area contributed by atoms with E-state index >= 15 is 0 Å². The molecule has 4 fully saturated rings. The number of hydrogen-bond acceptors (Lipinski definition) is 12. The Morgan fingerprint density at radius 1 is 0.767 bits per heavy atom.